The van der Waals surface area contributed by atoms with Crippen LogP contribution >= 0.6 is 0 Å². The molecule has 1 aromatic rings. The van der Waals surface area contributed by atoms with Crippen molar-refractivity contribution in [1.29, 1.82) is 0 Å². The fourth-order valence-corrected chi connectivity index (χ4v) is 1.41. The van der Waals surface area contributed by atoms with Gasteiger partial charge >= 0.3 is 0 Å². The van der Waals surface area contributed by atoms with Gasteiger partial charge in [-0.15, -0.1) is 0 Å². The van der Waals surface area contributed by atoms with Crippen LogP contribution < -0.4 is 5.73 Å². The van der Waals surface area contributed by atoms with Crippen LogP contribution in [0.4, 0.5) is 4.39 Å². The zero-order valence-electron chi connectivity index (χ0n) is 6.70. The molecular formula is C7H11FN4. The van der Waals surface area contributed by atoms with E-state index in [1.807, 2.05) is 0 Å². The molecule has 2 rings (SSSR count). The topological polar surface area (TPSA) is 56.7 Å². The van der Waals surface area contributed by atoms with Crippen LogP contribution in [0.1, 0.15) is 18.1 Å². The summed E-state index contributed by atoms with van der Waals surface area (Å²) in [4.78, 5) is 4.16. The number of halogens is 1. The molecule has 0 fully saturated rings. The lowest BCUT2D eigenvalue weighted by Gasteiger charge is -2.14. The SMILES string of the molecule is NCc1nc2n(n1)CC(F)CC2. The van der Waals surface area contributed by atoms with Crippen molar-refractivity contribution in [3.63, 3.8) is 0 Å². The third kappa shape index (κ3) is 1.20. The van der Waals surface area contributed by atoms with Crippen LogP contribution in [-0.2, 0) is 19.5 Å². The summed E-state index contributed by atoms with van der Waals surface area (Å²) in [7, 11) is 0. The first-order chi connectivity index (χ1) is 5.79. The molecule has 1 aliphatic heterocycles. The Bertz CT molecular complexity index is 283. The summed E-state index contributed by atoms with van der Waals surface area (Å²) >= 11 is 0. The number of hydrogen-bond donors (Lipinski definition) is 1. The van der Waals surface area contributed by atoms with Gasteiger partial charge in [-0.1, -0.05) is 0 Å². The van der Waals surface area contributed by atoms with E-state index in [1.165, 1.54) is 0 Å². The van der Waals surface area contributed by atoms with Gasteiger partial charge in [-0.3, -0.25) is 0 Å². The van der Waals surface area contributed by atoms with Crippen molar-refractivity contribution in [2.45, 2.75) is 32.1 Å². The van der Waals surface area contributed by atoms with Crippen LogP contribution in [-0.4, -0.2) is 20.9 Å². The molecule has 0 spiro atoms. The number of nitrogens with two attached hydrogens (primary N) is 1. The van der Waals surface area contributed by atoms with Gasteiger partial charge in [-0.2, -0.15) is 5.10 Å². The summed E-state index contributed by atoms with van der Waals surface area (Å²) in [5, 5.41) is 4.06. The third-order valence-electron chi connectivity index (χ3n) is 2.03. The molecule has 0 saturated heterocycles. The summed E-state index contributed by atoms with van der Waals surface area (Å²) < 4.78 is 14.5. The van der Waals surface area contributed by atoms with Gasteiger partial charge in [0.2, 0.25) is 0 Å². The molecular weight excluding hydrogens is 159 g/mol. The van der Waals surface area contributed by atoms with Crippen molar-refractivity contribution in [1.82, 2.24) is 14.8 Å². The third-order valence-corrected chi connectivity index (χ3v) is 2.03. The van der Waals surface area contributed by atoms with Gasteiger partial charge in [-0.25, -0.2) is 14.1 Å². The second-order valence-corrected chi connectivity index (χ2v) is 2.97. The lowest BCUT2D eigenvalue weighted by molar-refractivity contribution is 0.242. The molecule has 5 heteroatoms. The number of alkyl halides is 1. The Kier molecular flexibility index (Phi) is 1.80. The van der Waals surface area contributed by atoms with E-state index < -0.39 is 6.17 Å². The summed E-state index contributed by atoms with van der Waals surface area (Å²) in [6.45, 7) is 0.666. The Labute approximate surface area is 69.6 Å². The summed E-state index contributed by atoms with van der Waals surface area (Å²) in [5.41, 5.74) is 5.36. The fraction of sp³-hybridized carbons (Fsp3) is 0.714. The Morgan fingerprint density at radius 1 is 1.67 bits per heavy atom. The molecule has 66 valence electrons. The van der Waals surface area contributed by atoms with E-state index in [-0.39, 0.29) is 0 Å². The highest BCUT2D eigenvalue weighted by atomic mass is 19.1. The molecule has 0 aliphatic carbocycles. The summed E-state index contributed by atoms with van der Waals surface area (Å²) in [5.74, 6) is 1.48. The van der Waals surface area contributed by atoms with Crippen molar-refractivity contribution >= 4 is 0 Å². The second kappa shape index (κ2) is 2.82. The molecule has 0 radical (unpaired) electrons. The Morgan fingerprint density at radius 2 is 2.50 bits per heavy atom. The quantitative estimate of drug-likeness (QED) is 0.646. The molecule has 0 bridgehead atoms. The summed E-state index contributed by atoms with van der Waals surface area (Å²) in [6.07, 6.45) is 0.460. The van der Waals surface area contributed by atoms with Crippen LogP contribution in [0.15, 0.2) is 0 Å². The first kappa shape index (κ1) is 7.67. The van der Waals surface area contributed by atoms with Gasteiger partial charge in [0, 0.05) is 6.42 Å². The molecule has 2 heterocycles. The zero-order valence-corrected chi connectivity index (χ0v) is 6.70. The normalized spacial score (nSPS) is 22.3. The maximum Gasteiger partial charge on any atom is 0.164 e. The molecule has 1 atom stereocenters. The van der Waals surface area contributed by atoms with E-state index in [1.54, 1.807) is 4.68 Å². The summed E-state index contributed by atoms with van der Waals surface area (Å²) in [6, 6.07) is 0. The predicted octanol–water partition coefficient (Wildman–Crippen LogP) is 0.0211. The molecule has 0 aromatic carbocycles. The number of aryl methyl sites for hydroxylation is 1. The maximum absolute atomic E-state index is 12.9. The van der Waals surface area contributed by atoms with Crippen molar-refractivity contribution in [2.24, 2.45) is 5.73 Å². The number of nitrogens with zero attached hydrogens (tertiary/aromatic N) is 3. The zero-order chi connectivity index (χ0) is 8.55. The lowest BCUT2D eigenvalue weighted by Crippen LogP contribution is -2.22. The Balaban J connectivity index is 2.28. The number of aromatic nitrogens is 3. The van der Waals surface area contributed by atoms with Crippen LogP contribution in [0.5, 0.6) is 0 Å². The van der Waals surface area contributed by atoms with Gasteiger partial charge in [-0.05, 0) is 6.42 Å². The Morgan fingerprint density at radius 3 is 3.25 bits per heavy atom. The van der Waals surface area contributed by atoms with Crippen LogP contribution in [0, 0.1) is 0 Å². The van der Waals surface area contributed by atoms with Crippen molar-refractivity contribution < 1.29 is 4.39 Å². The largest absolute Gasteiger partial charge is 0.324 e. The van der Waals surface area contributed by atoms with Crippen molar-refractivity contribution in [3.05, 3.63) is 11.6 Å². The predicted molar refractivity (Wildman–Crippen MR) is 41.1 cm³/mol. The van der Waals surface area contributed by atoms with Gasteiger partial charge in [0.1, 0.15) is 12.0 Å². The van der Waals surface area contributed by atoms with Crippen LogP contribution in [0.3, 0.4) is 0 Å². The van der Waals surface area contributed by atoms with Crippen molar-refractivity contribution in [2.75, 3.05) is 0 Å². The van der Waals surface area contributed by atoms with E-state index in [9.17, 15) is 4.39 Å². The minimum Gasteiger partial charge on any atom is -0.324 e. The van der Waals surface area contributed by atoms with Gasteiger partial charge in [0.15, 0.2) is 5.82 Å². The van der Waals surface area contributed by atoms with Crippen LogP contribution in [0.25, 0.3) is 0 Å². The fourth-order valence-electron chi connectivity index (χ4n) is 1.41. The smallest absolute Gasteiger partial charge is 0.164 e. The molecule has 4 nitrogen and oxygen atoms in total. The standard InChI is InChI=1S/C7H11FN4/c8-5-1-2-7-10-6(3-9)11-12(7)4-5/h5H,1-4,9H2. The second-order valence-electron chi connectivity index (χ2n) is 2.97. The first-order valence-electron chi connectivity index (χ1n) is 4.06. The highest BCUT2D eigenvalue weighted by molar-refractivity contribution is 4.96. The number of rotatable bonds is 1. The minimum atomic E-state index is -0.773. The van der Waals surface area contributed by atoms with E-state index in [2.05, 4.69) is 10.1 Å². The Hall–Kier alpha value is -0.970. The molecule has 1 aliphatic rings. The van der Waals surface area contributed by atoms with Gasteiger partial charge in [0.25, 0.3) is 0 Å². The highest BCUT2D eigenvalue weighted by Crippen LogP contribution is 2.14. The molecule has 0 saturated carbocycles. The van der Waals surface area contributed by atoms with Crippen LogP contribution in [0.2, 0.25) is 0 Å². The first-order valence-corrected chi connectivity index (χ1v) is 4.06. The molecule has 1 unspecified atom stereocenters. The molecule has 2 N–H and O–H groups in total. The molecule has 1 aromatic heterocycles. The molecule has 12 heavy (non-hydrogen) atoms. The van der Waals surface area contributed by atoms with Crippen molar-refractivity contribution in [3.8, 4) is 0 Å². The number of hydrogen-bond acceptors (Lipinski definition) is 3. The maximum atomic E-state index is 12.9. The average molecular weight is 170 g/mol. The lowest BCUT2D eigenvalue weighted by atomic mass is 10.1. The highest BCUT2D eigenvalue weighted by Gasteiger charge is 2.20. The van der Waals surface area contributed by atoms with E-state index >= 15 is 0 Å². The monoisotopic (exact) mass is 170 g/mol. The van der Waals surface area contributed by atoms with E-state index in [0.29, 0.717) is 31.8 Å². The van der Waals surface area contributed by atoms with E-state index in [4.69, 9.17) is 5.73 Å². The molecule has 0 amide bonds. The van der Waals surface area contributed by atoms with E-state index in [0.717, 1.165) is 5.82 Å². The number of fused-ring (bicyclic) bond motifs is 1. The minimum absolute atomic E-state index is 0.330. The average Bonchev–Trinajstić information content (AvgIpc) is 2.46. The van der Waals surface area contributed by atoms with Gasteiger partial charge in [0.05, 0.1) is 13.1 Å². The van der Waals surface area contributed by atoms with Gasteiger partial charge < -0.3 is 5.73 Å².